The average molecular weight is 412 g/mol. The number of aromatic nitrogens is 1. The van der Waals surface area contributed by atoms with Crippen molar-refractivity contribution >= 4 is 17.6 Å². The zero-order chi connectivity index (χ0) is 21.1. The Morgan fingerprint density at radius 2 is 1.87 bits per heavy atom. The fourth-order valence-corrected chi connectivity index (χ4v) is 4.09. The van der Waals surface area contributed by atoms with Gasteiger partial charge >= 0.3 is 6.03 Å². The Kier molecular flexibility index (Phi) is 5.92. The van der Waals surface area contributed by atoms with E-state index in [0.717, 1.165) is 38.8 Å². The Morgan fingerprint density at radius 3 is 2.57 bits per heavy atom. The molecule has 1 N–H and O–H groups in total. The van der Waals surface area contributed by atoms with E-state index in [1.807, 2.05) is 23.1 Å². The highest BCUT2D eigenvalue weighted by Gasteiger charge is 2.30. The number of piperidine rings is 1. The van der Waals surface area contributed by atoms with E-state index in [9.17, 15) is 9.59 Å². The Hall–Kier alpha value is -3.03. The number of anilines is 1. The summed E-state index contributed by atoms with van der Waals surface area (Å²) < 4.78 is 11.1. The predicted molar refractivity (Wildman–Crippen MR) is 112 cm³/mol. The fraction of sp³-hybridized carbons (Fsp3) is 0.500. The Labute approximate surface area is 176 Å². The van der Waals surface area contributed by atoms with Crippen molar-refractivity contribution in [1.29, 1.82) is 0 Å². The monoisotopic (exact) mass is 412 g/mol. The second-order valence-corrected chi connectivity index (χ2v) is 7.88. The second kappa shape index (κ2) is 8.77. The molecule has 0 unspecified atom stereocenters. The SMILES string of the molecule is COc1cccc(NC(=O)N2CCC(c3nc(C(=O)N4CCCC4)c(C)o3)CC2)c1. The van der Waals surface area contributed by atoms with Gasteiger partial charge in [0.1, 0.15) is 11.5 Å². The van der Waals surface area contributed by atoms with E-state index in [0.29, 0.717) is 41.9 Å². The van der Waals surface area contributed by atoms with Crippen LogP contribution in [0.5, 0.6) is 5.75 Å². The summed E-state index contributed by atoms with van der Waals surface area (Å²) >= 11 is 0. The first kappa shape index (κ1) is 20.3. The molecule has 3 amide bonds. The molecule has 8 nitrogen and oxygen atoms in total. The second-order valence-electron chi connectivity index (χ2n) is 7.88. The zero-order valence-corrected chi connectivity index (χ0v) is 17.5. The van der Waals surface area contributed by atoms with Crippen LogP contribution in [0.4, 0.5) is 10.5 Å². The van der Waals surface area contributed by atoms with Gasteiger partial charge in [0.2, 0.25) is 0 Å². The Balaban J connectivity index is 1.34. The molecular weight excluding hydrogens is 384 g/mol. The lowest BCUT2D eigenvalue weighted by Crippen LogP contribution is -2.40. The summed E-state index contributed by atoms with van der Waals surface area (Å²) in [6.07, 6.45) is 3.60. The lowest BCUT2D eigenvalue weighted by Gasteiger charge is -2.30. The van der Waals surface area contributed by atoms with Gasteiger partial charge in [0, 0.05) is 43.9 Å². The maximum absolute atomic E-state index is 12.7. The number of rotatable bonds is 4. The molecule has 0 atom stereocenters. The van der Waals surface area contributed by atoms with Crippen LogP contribution in [-0.4, -0.2) is 60.0 Å². The van der Waals surface area contributed by atoms with E-state index in [2.05, 4.69) is 10.3 Å². The van der Waals surface area contributed by atoms with Crippen molar-refractivity contribution in [1.82, 2.24) is 14.8 Å². The van der Waals surface area contributed by atoms with Crippen molar-refractivity contribution in [3.8, 4) is 5.75 Å². The molecule has 1 aromatic carbocycles. The van der Waals surface area contributed by atoms with Crippen LogP contribution in [0, 0.1) is 6.92 Å². The highest BCUT2D eigenvalue weighted by molar-refractivity contribution is 5.93. The number of urea groups is 1. The molecule has 0 aliphatic carbocycles. The number of carbonyl (C=O) groups is 2. The summed E-state index contributed by atoms with van der Waals surface area (Å²) in [5.74, 6) is 1.98. The van der Waals surface area contributed by atoms with Crippen molar-refractivity contribution in [2.45, 2.75) is 38.5 Å². The van der Waals surface area contributed by atoms with E-state index in [-0.39, 0.29) is 17.9 Å². The molecule has 2 aliphatic heterocycles. The van der Waals surface area contributed by atoms with Gasteiger partial charge in [0.25, 0.3) is 5.91 Å². The summed E-state index contributed by atoms with van der Waals surface area (Å²) in [5.41, 5.74) is 1.14. The third-order valence-corrected chi connectivity index (χ3v) is 5.86. The first-order chi connectivity index (χ1) is 14.5. The number of hydrogen-bond donors (Lipinski definition) is 1. The minimum Gasteiger partial charge on any atom is -0.497 e. The van der Waals surface area contributed by atoms with Gasteiger partial charge in [-0.1, -0.05) is 6.07 Å². The molecule has 8 heteroatoms. The number of carbonyl (C=O) groups excluding carboxylic acids is 2. The third kappa shape index (κ3) is 4.27. The van der Waals surface area contributed by atoms with Crippen molar-refractivity contribution in [2.24, 2.45) is 0 Å². The number of aryl methyl sites for hydroxylation is 1. The zero-order valence-electron chi connectivity index (χ0n) is 17.5. The first-order valence-corrected chi connectivity index (χ1v) is 10.5. The van der Waals surface area contributed by atoms with Crippen LogP contribution in [0.2, 0.25) is 0 Å². The number of methoxy groups -OCH3 is 1. The number of benzene rings is 1. The van der Waals surface area contributed by atoms with Crippen LogP contribution < -0.4 is 10.1 Å². The summed E-state index contributed by atoms with van der Waals surface area (Å²) in [6.45, 7) is 4.60. The molecule has 160 valence electrons. The van der Waals surface area contributed by atoms with E-state index in [1.165, 1.54) is 0 Å². The molecule has 30 heavy (non-hydrogen) atoms. The van der Waals surface area contributed by atoms with Crippen LogP contribution in [0.15, 0.2) is 28.7 Å². The van der Waals surface area contributed by atoms with Crippen molar-refractivity contribution in [3.05, 3.63) is 41.6 Å². The standard InChI is InChI=1S/C22H28N4O4/c1-15-19(21(27)25-10-3-4-11-25)24-20(30-15)16-8-12-26(13-9-16)22(28)23-17-6-5-7-18(14-17)29-2/h5-7,14,16H,3-4,8-13H2,1-2H3,(H,23,28). The number of hydrogen-bond acceptors (Lipinski definition) is 5. The molecule has 2 aromatic rings. The lowest BCUT2D eigenvalue weighted by molar-refractivity contribution is 0.0786. The molecule has 0 saturated carbocycles. The quantitative estimate of drug-likeness (QED) is 0.828. The molecule has 4 rings (SSSR count). The Morgan fingerprint density at radius 1 is 1.13 bits per heavy atom. The largest absolute Gasteiger partial charge is 0.497 e. The van der Waals surface area contributed by atoms with Gasteiger partial charge in [-0.15, -0.1) is 0 Å². The van der Waals surface area contributed by atoms with Gasteiger partial charge < -0.3 is 24.3 Å². The van der Waals surface area contributed by atoms with Crippen molar-refractivity contribution in [3.63, 3.8) is 0 Å². The van der Waals surface area contributed by atoms with Gasteiger partial charge in [-0.3, -0.25) is 4.79 Å². The molecule has 1 aromatic heterocycles. The molecule has 0 spiro atoms. The summed E-state index contributed by atoms with van der Waals surface area (Å²) in [5, 5.41) is 2.92. The maximum atomic E-state index is 12.7. The van der Waals surface area contributed by atoms with Gasteiger partial charge in [0.15, 0.2) is 11.6 Å². The van der Waals surface area contributed by atoms with Crippen molar-refractivity contribution in [2.75, 3.05) is 38.6 Å². The van der Waals surface area contributed by atoms with Crippen LogP contribution in [0.1, 0.15) is 53.7 Å². The normalized spacial score (nSPS) is 17.3. The smallest absolute Gasteiger partial charge is 0.321 e. The highest BCUT2D eigenvalue weighted by atomic mass is 16.5. The molecule has 2 saturated heterocycles. The lowest BCUT2D eigenvalue weighted by atomic mass is 9.97. The number of oxazole rings is 1. The highest BCUT2D eigenvalue weighted by Crippen LogP contribution is 2.30. The first-order valence-electron chi connectivity index (χ1n) is 10.5. The van der Waals surface area contributed by atoms with Gasteiger partial charge in [0.05, 0.1) is 7.11 Å². The summed E-state index contributed by atoms with van der Waals surface area (Å²) in [6, 6.07) is 7.17. The van der Waals surface area contributed by atoms with Gasteiger partial charge in [-0.25, -0.2) is 9.78 Å². The van der Waals surface area contributed by atoms with Gasteiger partial charge in [-0.2, -0.15) is 0 Å². The van der Waals surface area contributed by atoms with Gasteiger partial charge in [-0.05, 0) is 44.7 Å². The van der Waals surface area contributed by atoms with Crippen molar-refractivity contribution < 1.29 is 18.7 Å². The fourth-order valence-electron chi connectivity index (χ4n) is 4.09. The molecule has 3 heterocycles. The molecule has 2 aliphatic rings. The molecular formula is C22H28N4O4. The van der Waals surface area contributed by atoms with E-state index in [1.54, 1.807) is 25.0 Å². The van der Waals surface area contributed by atoms with E-state index in [4.69, 9.17) is 9.15 Å². The van der Waals surface area contributed by atoms with E-state index < -0.39 is 0 Å². The average Bonchev–Trinajstić information content (AvgIpc) is 3.44. The van der Waals surface area contributed by atoms with Crippen LogP contribution >= 0.6 is 0 Å². The van der Waals surface area contributed by atoms with Crippen LogP contribution in [0.3, 0.4) is 0 Å². The molecule has 2 fully saturated rings. The number of amides is 3. The van der Waals surface area contributed by atoms with Crippen LogP contribution in [0.25, 0.3) is 0 Å². The third-order valence-electron chi connectivity index (χ3n) is 5.86. The number of likely N-dealkylation sites (tertiary alicyclic amines) is 2. The number of ether oxygens (including phenoxy) is 1. The number of nitrogens with one attached hydrogen (secondary N) is 1. The predicted octanol–water partition coefficient (Wildman–Crippen LogP) is 3.64. The minimum atomic E-state index is -0.129. The molecule has 0 bridgehead atoms. The minimum absolute atomic E-state index is 0.0323. The topological polar surface area (TPSA) is 87.9 Å². The van der Waals surface area contributed by atoms with Crippen LogP contribution in [-0.2, 0) is 0 Å². The molecule has 0 radical (unpaired) electrons. The maximum Gasteiger partial charge on any atom is 0.321 e. The Bertz CT molecular complexity index is 912. The summed E-state index contributed by atoms with van der Waals surface area (Å²) in [4.78, 5) is 33.4. The van der Waals surface area contributed by atoms with E-state index >= 15 is 0 Å². The number of nitrogens with zero attached hydrogens (tertiary/aromatic N) is 3. The summed E-state index contributed by atoms with van der Waals surface area (Å²) in [7, 11) is 1.60.